The highest BCUT2D eigenvalue weighted by Crippen LogP contribution is 2.18. The minimum atomic E-state index is -0.400. The van der Waals surface area contributed by atoms with Gasteiger partial charge in [0.05, 0.1) is 12.2 Å². The summed E-state index contributed by atoms with van der Waals surface area (Å²) in [6.45, 7) is 2.91. The van der Waals surface area contributed by atoms with Gasteiger partial charge in [-0.05, 0) is 55.0 Å². The molecule has 0 unspecified atom stereocenters. The van der Waals surface area contributed by atoms with E-state index < -0.39 is 5.97 Å². The number of hydrogen-bond acceptors (Lipinski definition) is 3. The molecule has 2 aromatic rings. The van der Waals surface area contributed by atoms with Gasteiger partial charge in [0.15, 0.2) is 0 Å². The van der Waals surface area contributed by atoms with Crippen molar-refractivity contribution in [2.24, 2.45) is 0 Å². The van der Waals surface area contributed by atoms with E-state index in [1.807, 2.05) is 0 Å². The third-order valence-electron chi connectivity index (χ3n) is 3.63. The van der Waals surface area contributed by atoms with Gasteiger partial charge >= 0.3 is 5.97 Å². The van der Waals surface area contributed by atoms with Crippen molar-refractivity contribution in [3.8, 4) is 11.5 Å². The van der Waals surface area contributed by atoms with Crippen LogP contribution in [0.5, 0.6) is 11.5 Å². The van der Waals surface area contributed by atoms with Gasteiger partial charge in [0.2, 0.25) is 0 Å². The summed E-state index contributed by atoms with van der Waals surface area (Å²) in [5, 5.41) is 0.603. The van der Waals surface area contributed by atoms with Crippen molar-refractivity contribution in [2.45, 2.75) is 39.0 Å². The first kappa shape index (κ1) is 18.3. The molecule has 0 saturated heterocycles. The molecule has 0 heterocycles. The average Bonchev–Trinajstić information content (AvgIpc) is 2.60. The molecule has 128 valence electrons. The monoisotopic (exact) mass is 346 g/mol. The molecule has 0 amide bonds. The normalized spacial score (nSPS) is 10.4. The topological polar surface area (TPSA) is 35.5 Å². The molecule has 0 N–H and O–H groups in total. The van der Waals surface area contributed by atoms with Crippen LogP contribution in [0.15, 0.2) is 48.5 Å². The fourth-order valence-corrected chi connectivity index (χ4v) is 2.38. The number of carbonyl (C=O) groups is 1. The maximum atomic E-state index is 12.1. The summed E-state index contributed by atoms with van der Waals surface area (Å²) in [5.41, 5.74) is 0.486. The van der Waals surface area contributed by atoms with Gasteiger partial charge in [-0.3, -0.25) is 0 Å². The zero-order valence-electron chi connectivity index (χ0n) is 14.0. The molecular formula is C20H23ClO3. The molecule has 0 bridgehead atoms. The summed E-state index contributed by atoms with van der Waals surface area (Å²) in [6.07, 6.45) is 6.04. The van der Waals surface area contributed by atoms with E-state index in [4.69, 9.17) is 21.1 Å². The van der Waals surface area contributed by atoms with E-state index in [0.29, 0.717) is 22.9 Å². The van der Waals surface area contributed by atoms with Crippen LogP contribution in [0.1, 0.15) is 49.4 Å². The number of benzene rings is 2. The quantitative estimate of drug-likeness (QED) is 0.321. The lowest BCUT2D eigenvalue weighted by Crippen LogP contribution is -2.08. The highest BCUT2D eigenvalue weighted by Gasteiger charge is 2.08. The maximum Gasteiger partial charge on any atom is 0.343 e. The van der Waals surface area contributed by atoms with Gasteiger partial charge in [-0.1, -0.05) is 44.2 Å². The minimum absolute atomic E-state index is 0.400. The van der Waals surface area contributed by atoms with E-state index in [1.54, 1.807) is 48.5 Å². The van der Waals surface area contributed by atoms with E-state index >= 15 is 0 Å². The Hall–Kier alpha value is -2.00. The van der Waals surface area contributed by atoms with Crippen LogP contribution < -0.4 is 9.47 Å². The summed E-state index contributed by atoms with van der Waals surface area (Å²) in [7, 11) is 0. The second kappa shape index (κ2) is 9.99. The van der Waals surface area contributed by atoms with Gasteiger partial charge in [-0.15, -0.1) is 0 Å². The summed E-state index contributed by atoms with van der Waals surface area (Å²) in [4.78, 5) is 12.1. The molecule has 0 aliphatic rings. The van der Waals surface area contributed by atoms with Gasteiger partial charge in [0.25, 0.3) is 0 Å². The molecule has 2 rings (SSSR count). The van der Waals surface area contributed by atoms with Crippen molar-refractivity contribution in [2.75, 3.05) is 6.61 Å². The van der Waals surface area contributed by atoms with Crippen LogP contribution in [0.2, 0.25) is 5.02 Å². The first-order valence-electron chi connectivity index (χ1n) is 8.39. The molecule has 0 aliphatic heterocycles. The molecule has 2 aromatic carbocycles. The van der Waals surface area contributed by atoms with Crippen molar-refractivity contribution in [1.82, 2.24) is 0 Å². The van der Waals surface area contributed by atoms with Crippen molar-refractivity contribution >= 4 is 17.6 Å². The van der Waals surface area contributed by atoms with Gasteiger partial charge in [0, 0.05) is 5.02 Å². The number of rotatable bonds is 9. The van der Waals surface area contributed by atoms with Crippen molar-refractivity contribution in [3.63, 3.8) is 0 Å². The van der Waals surface area contributed by atoms with Crippen molar-refractivity contribution in [1.29, 1.82) is 0 Å². The molecule has 24 heavy (non-hydrogen) atoms. The lowest BCUT2D eigenvalue weighted by atomic mass is 10.2. The lowest BCUT2D eigenvalue weighted by molar-refractivity contribution is 0.0734. The average molecular weight is 347 g/mol. The SMILES string of the molecule is CCCCCCCOc1ccc(C(=O)Oc2ccc(Cl)cc2)cc1. The Labute approximate surface area is 148 Å². The molecule has 0 aromatic heterocycles. The van der Waals surface area contributed by atoms with E-state index in [9.17, 15) is 4.79 Å². The smallest absolute Gasteiger partial charge is 0.343 e. The molecule has 0 aliphatic carbocycles. The number of unbranched alkanes of at least 4 members (excludes halogenated alkanes) is 4. The van der Waals surface area contributed by atoms with Crippen molar-refractivity contribution < 1.29 is 14.3 Å². The third kappa shape index (κ3) is 6.25. The van der Waals surface area contributed by atoms with Gasteiger partial charge in [0.1, 0.15) is 11.5 Å². The molecule has 0 radical (unpaired) electrons. The molecule has 4 heteroatoms. The Bertz CT molecular complexity index is 620. The molecule has 0 spiro atoms. The number of hydrogen-bond donors (Lipinski definition) is 0. The van der Waals surface area contributed by atoms with Crippen LogP contribution in [0, 0.1) is 0 Å². The molecule has 0 fully saturated rings. The number of esters is 1. The Balaban J connectivity index is 1.78. The van der Waals surface area contributed by atoms with E-state index in [0.717, 1.165) is 12.2 Å². The largest absolute Gasteiger partial charge is 0.494 e. The maximum absolute atomic E-state index is 12.1. The van der Waals surface area contributed by atoms with Crippen LogP contribution in [0.4, 0.5) is 0 Å². The minimum Gasteiger partial charge on any atom is -0.494 e. The fourth-order valence-electron chi connectivity index (χ4n) is 2.25. The Kier molecular flexibility index (Phi) is 7.63. The Morgan fingerprint density at radius 1 is 0.875 bits per heavy atom. The second-order valence-electron chi connectivity index (χ2n) is 5.63. The van der Waals surface area contributed by atoms with Crippen LogP contribution in [-0.2, 0) is 0 Å². The predicted molar refractivity (Wildman–Crippen MR) is 97.1 cm³/mol. The summed E-state index contributed by atoms with van der Waals surface area (Å²) >= 11 is 5.81. The summed E-state index contributed by atoms with van der Waals surface area (Å²) < 4.78 is 11.0. The van der Waals surface area contributed by atoms with Crippen LogP contribution in [0.3, 0.4) is 0 Å². The highest BCUT2D eigenvalue weighted by molar-refractivity contribution is 6.30. The molecule has 0 saturated carbocycles. The summed E-state index contributed by atoms with van der Waals surface area (Å²) in [5.74, 6) is 0.841. The van der Waals surface area contributed by atoms with Gasteiger partial charge < -0.3 is 9.47 Å². The van der Waals surface area contributed by atoms with Gasteiger partial charge in [-0.2, -0.15) is 0 Å². The fraction of sp³-hybridized carbons (Fsp3) is 0.350. The van der Waals surface area contributed by atoms with E-state index in [-0.39, 0.29) is 0 Å². The van der Waals surface area contributed by atoms with Crippen LogP contribution in [-0.4, -0.2) is 12.6 Å². The first-order chi connectivity index (χ1) is 11.7. The molecular weight excluding hydrogens is 324 g/mol. The number of halogens is 1. The zero-order chi connectivity index (χ0) is 17.2. The van der Waals surface area contributed by atoms with E-state index in [2.05, 4.69) is 6.92 Å². The molecule has 3 nitrogen and oxygen atoms in total. The van der Waals surface area contributed by atoms with Gasteiger partial charge in [-0.25, -0.2) is 4.79 Å². The summed E-state index contributed by atoms with van der Waals surface area (Å²) in [6, 6.07) is 13.7. The number of carbonyl (C=O) groups excluding carboxylic acids is 1. The molecule has 0 atom stereocenters. The van der Waals surface area contributed by atoms with Crippen LogP contribution >= 0.6 is 11.6 Å². The second-order valence-corrected chi connectivity index (χ2v) is 6.07. The van der Waals surface area contributed by atoms with Crippen molar-refractivity contribution in [3.05, 3.63) is 59.1 Å². The van der Waals surface area contributed by atoms with Crippen LogP contribution in [0.25, 0.3) is 0 Å². The first-order valence-corrected chi connectivity index (χ1v) is 8.77. The predicted octanol–water partition coefficient (Wildman–Crippen LogP) is 5.91. The standard InChI is InChI=1S/C20H23ClO3/c1-2-3-4-5-6-15-23-18-11-7-16(8-12-18)20(22)24-19-13-9-17(21)10-14-19/h7-14H,2-6,15H2,1H3. The lowest BCUT2D eigenvalue weighted by Gasteiger charge is -2.07. The highest BCUT2D eigenvalue weighted by atomic mass is 35.5. The van der Waals surface area contributed by atoms with E-state index in [1.165, 1.54) is 25.7 Å². The Morgan fingerprint density at radius 3 is 2.17 bits per heavy atom. The Morgan fingerprint density at radius 2 is 1.50 bits per heavy atom. The number of ether oxygens (including phenoxy) is 2. The third-order valence-corrected chi connectivity index (χ3v) is 3.88. The zero-order valence-corrected chi connectivity index (χ0v) is 14.7.